The number of hydrogen-bond donors (Lipinski definition) is 2. The Kier molecular flexibility index (Phi) is 2.22. The smallest absolute Gasteiger partial charge is 0.234 e. The molecular weight excluding hydrogens is 204 g/mol. The van der Waals surface area contributed by atoms with E-state index in [2.05, 4.69) is 10.6 Å². The number of hydrogen-bond acceptors (Lipinski definition) is 2. The number of carbonyl (C=O) groups is 2. The van der Waals surface area contributed by atoms with Crippen molar-refractivity contribution in [2.45, 2.75) is 26.2 Å². The van der Waals surface area contributed by atoms with E-state index >= 15 is 0 Å². The molecule has 16 heavy (non-hydrogen) atoms. The van der Waals surface area contributed by atoms with E-state index in [1.807, 2.05) is 26.0 Å². The minimum atomic E-state index is -0.538. The average molecular weight is 218 g/mol. The topological polar surface area (TPSA) is 58.2 Å². The number of rotatable bonds is 1. The van der Waals surface area contributed by atoms with Crippen molar-refractivity contribution in [1.29, 1.82) is 0 Å². The SMILES string of the molecule is CC(=O)Nc1ccc2c(c1)C(C)(C)C(=O)N2. The van der Waals surface area contributed by atoms with Crippen LogP contribution in [0.5, 0.6) is 0 Å². The highest BCUT2D eigenvalue weighted by Gasteiger charge is 2.38. The molecular formula is C12H14N2O2. The quantitative estimate of drug-likeness (QED) is 0.756. The summed E-state index contributed by atoms with van der Waals surface area (Å²) in [6.45, 7) is 5.19. The monoisotopic (exact) mass is 218 g/mol. The third kappa shape index (κ3) is 1.56. The lowest BCUT2D eigenvalue weighted by Crippen LogP contribution is -2.26. The van der Waals surface area contributed by atoms with E-state index in [0.717, 1.165) is 16.9 Å². The van der Waals surface area contributed by atoms with Crippen LogP contribution < -0.4 is 10.6 Å². The highest BCUT2D eigenvalue weighted by Crippen LogP contribution is 2.38. The van der Waals surface area contributed by atoms with E-state index in [4.69, 9.17) is 0 Å². The van der Waals surface area contributed by atoms with Crippen molar-refractivity contribution in [2.24, 2.45) is 0 Å². The van der Waals surface area contributed by atoms with Crippen LogP contribution in [-0.4, -0.2) is 11.8 Å². The molecule has 84 valence electrons. The summed E-state index contributed by atoms with van der Waals surface area (Å²) >= 11 is 0. The van der Waals surface area contributed by atoms with E-state index in [1.165, 1.54) is 6.92 Å². The van der Waals surface area contributed by atoms with Crippen molar-refractivity contribution in [3.8, 4) is 0 Å². The van der Waals surface area contributed by atoms with Gasteiger partial charge < -0.3 is 10.6 Å². The molecule has 0 aliphatic carbocycles. The van der Waals surface area contributed by atoms with E-state index in [-0.39, 0.29) is 11.8 Å². The van der Waals surface area contributed by atoms with Crippen molar-refractivity contribution >= 4 is 23.2 Å². The summed E-state index contributed by atoms with van der Waals surface area (Å²) in [5.41, 5.74) is 1.92. The largest absolute Gasteiger partial charge is 0.326 e. The van der Waals surface area contributed by atoms with Crippen LogP contribution in [0.4, 0.5) is 11.4 Å². The van der Waals surface area contributed by atoms with Gasteiger partial charge in [-0.25, -0.2) is 0 Å². The number of benzene rings is 1. The van der Waals surface area contributed by atoms with Crippen LogP contribution >= 0.6 is 0 Å². The Bertz CT molecular complexity index is 478. The summed E-state index contributed by atoms with van der Waals surface area (Å²) in [6.07, 6.45) is 0. The molecule has 0 saturated heterocycles. The molecule has 0 radical (unpaired) electrons. The lowest BCUT2D eigenvalue weighted by Gasteiger charge is -2.15. The zero-order chi connectivity index (χ0) is 11.9. The number of carbonyl (C=O) groups excluding carboxylic acids is 2. The second kappa shape index (κ2) is 3.33. The minimum absolute atomic E-state index is 0.0116. The van der Waals surface area contributed by atoms with Gasteiger partial charge in [0.1, 0.15) is 0 Å². The average Bonchev–Trinajstić information content (AvgIpc) is 2.39. The molecule has 0 spiro atoms. The van der Waals surface area contributed by atoms with Gasteiger partial charge in [-0.1, -0.05) is 0 Å². The number of nitrogens with one attached hydrogen (secondary N) is 2. The molecule has 0 aromatic heterocycles. The second-order valence-electron chi connectivity index (χ2n) is 4.52. The summed E-state index contributed by atoms with van der Waals surface area (Å²) in [6, 6.07) is 5.43. The van der Waals surface area contributed by atoms with Gasteiger partial charge in [0.15, 0.2) is 0 Å². The van der Waals surface area contributed by atoms with Crippen molar-refractivity contribution in [1.82, 2.24) is 0 Å². The van der Waals surface area contributed by atoms with Crippen molar-refractivity contribution in [2.75, 3.05) is 10.6 Å². The van der Waals surface area contributed by atoms with Crippen molar-refractivity contribution in [3.63, 3.8) is 0 Å². The maximum Gasteiger partial charge on any atom is 0.234 e. The highest BCUT2D eigenvalue weighted by molar-refractivity contribution is 6.06. The molecule has 4 heteroatoms. The summed E-state index contributed by atoms with van der Waals surface area (Å²) in [7, 11) is 0. The molecule has 1 aliphatic heterocycles. The molecule has 2 amide bonds. The van der Waals surface area contributed by atoms with Crippen LogP contribution in [0.1, 0.15) is 26.3 Å². The Morgan fingerprint density at radius 2 is 2.06 bits per heavy atom. The molecule has 1 aromatic carbocycles. The van der Waals surface area contributed by atoms with Crippen molar-refractivity contribution < 1.29 is 9.59 Å². The Morgan fingerprint density at radius 3 is 2.69 bits per heavy atom. The van der Waals surface area contributed by atoms with Crippen molar-refractivity contribution in [3.05, 3.63) is 23.8 Å². The van der Waals surface area contributed by atoms with Gasteiger partial charge in [0.25, 0.3) is 0 Å². The van der Waals surface area contributed by atoms with Crippen LogP contribution in [-0.2, 0) is 15.0 Å². The van der Waals surface area contributed by atoms with E-state index < -0.39 is 5.41 Å². The van der Waals surface area contributed by atoms with Gasteiger partial charge in [0.05, 0.1) is 5.41 Å². The summed E-state index contributed by atoms with van der Waals surface area (Å²) in [5, 5.41) is 5.53. The molecule has 1 heterocycles. The lowest BCUT2D eigenvalue weighted by molar-refractivity contribution is -0.119. The maximum atomic E-state index is 11.7. The zero-order valence-electron chi connectivity index (χ0n) is 9.55. The Balaban J connectivity index is 2.44. The molecule has 0 unspecified atom stereocenters. The lowest BCUT2D eigenvalue weighted by atomic mass is 9.86. The molecule has 1 aliphatic rings. The van der Waals surface area contributed by atoms with Crippen LogP contribution in [0, 0.1) is 0 Å². The van der Waals surface area contributed by atoms with Gasteiger partial charge in [-0.05, 0) is 37.6 Å². The van der Waals surface area contributed by atoms with E-state index in [1.54, 1.807) is 6.07 Å². The molecule has 4 nitrogen and oxygen atoms in total. The minimum Gasteiger partial charge on any atom is -0.326 e. The third-order valence-electron chi connectivity index (χ3n) is 2.83. The molecule has 0 fully saturated rings. The highest BCUT2D eigenvalue weighted by atomic mass is 16.2. The summed E-state index contributed by atoms with van der Waals surface area (Å²) in [4.78, 5) is 22.6. The molecule has 0 atom stereocenters. The Morgan fingerprint density at radius 1 is 1.38 bits per heavy atom. The predicted molar refractivity (Wildman–Crippen MR) is 62.4 cm³/mol. The standard InChI is InChI=1S/C12H14N2O2/c1-7(15)13-8-4-5-10-9(6-8)12(2,3)11(16)14-10/h4-6H,1-3H3,(H,13,15)(H,14,16). The van der Waals surface area contributed by atoms with Gasteiger partial charge in [-0.3, -0.25) is 9.59 Å². The number of anilines is 2. The first-order chi connectivity index (χ1) is 7.41. The second-order valence-corrected chi connectivity index (χ2v) is 4.52. The fraction of sp³-hybridized carbons (Fsp3) is 0.333. The predicted octanol–water partition coefficient (Wildman–Crippen LogP) is 1.87. The Labute approximate surface area is 94.0 Å². The van der Waals surface area contributed by atoms with Gasteiger partial charge >= 0.3 is 0 Å². The van der Waals surface area contributed by atoms with Crippen LogP contribution in [0.2, 0.25) is 0 Å². The van der Waals surface area contributed by atoms with Gasteiger partial charge in [-0.15, -0.1) is 0 Å². The first kappa shape index (κ1) is 10.7. The normalized spacial score (nSPS) is 16.6. The maximum absolute atomic E-state index is 11.7. The van der Waals surface area contributed by atoms with Gasteiger partial charge in [0, 0.05) is 18.3 Å². The van der Waals surface area contributed by atoms with Crippen LogP contribution in [0.15, 0.2) is 18.2 Å². The number of fused-ring (bicyclic) bond motifs is 1. The molecule has 0 bridgehead atoms. The fourth-order valence-corrected chi connectivity index (χ4v) is 1.85. The molecule has 0 saturated carbocycles. The molecule has 2 N–H and O–H groups in total. The van der Waals surface area contributed by atoms with E-state index in [0.29, 0.717) is 0 Å². The van der Waals surface area contributed by atoms with Gasteiger partial charge in [-0.2, -0.15) is 0 Å². The summed E-state index contributed by atoms with van der Waals surface area (Å²) in [5.74, 6) is -0.127. The molecule has 1 aromatic rings. The number of amides is 2. The first-order valence-electron chi connectivity index (χ1n) is 5.15. The Hall–Kier alpha value is -1.84. The van der Waals surface area contributed by atoms with Crippen LogP contribution in [0.3, 0.4) is 0 Å². The third-order valence-corrected chi connectivity index (χ3v) is 2.83. The zero-order valence-corrected chi connectivity index (χ0v) is 9.55. The van der Waals surface area contributed by atoms with Crippen LogP contribution in [0.25, 0.3) is 0 Å². The first-order valence-corrected chi connectivity index (χ1v) is 5.15. The van der Waals surface area contributed by atoms with Gasteiger partial charge in [0.2, 0.25) is 11.8 Å². The molecule has 2 rings (SSSR count). The van der Waals surface area contributed by atoms with E-state index in [9.17, 15) is 9.59 Å². The summed E-state index contributed by atoms with van der Waals surface area (Å²) < 4.78 is 0. The fourth-order valence-electron chi connectivity index (χ4n) is 1.85.